The molecule has 4 aromatic rings. The van der Waals surface area contributed by atoms with Crippen LogP contribution < -0.4 is 16.2 Å². The van der Waals surface area contributed by atoms with Crippen molar-refractivity contribution < 1.29 is 13.6 Å². The van der Waals surface area contributed by atoms with Crippen molar-refractivity contribution in [2.75, 3.05) is 5.32 Å². The van der Waals surface area contributed by atoms with E-state index in [-0.39, 0.29) is 39.0 Å². The zero-order valence-electron chi connectivity index (χ0n) is 31.7. The summed E-state index contributed by atoms with van der Waals surface area (Å²) in [4.78, 5) is 38.5. The van der Waals surface area contributed by atoms with Crippen LogP contribution in [0.15, 0.2) is 44.3 Å². The maximum Gasteiger partial charge on any atom is 0.249 e. The molecule has 0 radical (unpaired) electrons. The second-order valence-electron chi connectivity index (χ2n) is 15.0. The minimum absolute atomic E-state index is 0.0676. The molecule has 1 N–H and O–H groups in total. The van der Waals surface area contributed by atoms with Crippen molar-refractivity contribution in [2.24, 2.45) is 11.3 Å². The Hall–Kier alpha value is -3.32. The molecule has 0 fully saturated rings. The molecule has 266 valence electrons. The lowest BCUT2D eigenvalue weighted by Gasteiger charge is -2.20. The van der Waals surface area contributed by atoms with Gasteiger partial charge in [0.1, 0.15) is 11.3 Å². The van der Waals surface area contributed by atoms with Gasteiger partial charge in [0.05, 0.1) is 16.4 Å². The first-order chi connectivity index (χ1) is 22.1. The number of ketones is 1. The average molecular weight is 685 g/mol. The summed E-state index contributed by atoms with van der Waals surface area (Å²) in [5.41, 5.74) is 3.96. The molecule has 0 saturated carbocycles. The highest BCUT2D eigenvalue weighted by molar-refractivity contribution is 6.30. The molecule has 0 aliphatic carbocycles. The van der Waals surface area contributed by atoms with Crippen LogP contribution in [0.2, 0.25) is 5.02 Å². The first kappa shape index (κ1) is 42.7. The number of aromatic nitrogens is 1. The lowest BCUT2D eigenvalue weighted by atomic mass is 9.86. The third-order valence-corrected chi connectivity index (χ3v) is 7.66. The van der Waals surface area contributed by atoms with Gasteiger partial charge in [0.2, 0.25) is 16.6 Å². The summed E-state index contributed by atoms with van der Waals surface area (Å²) in [5.74, 6) is -0.431. The summed E-state index contributed by atoms with van der Waals surface area (Å²) >= 11 is 5.79. The van der Waals surface area contributed by atoms with Crippen molar-refractivity contribution in [3.63, 3.8) is 0 Å². The van der Waals surface area contributed by atoms with Gasteiger partial charge in [-0.3, -0.25) is 14.4 Å². The van der Waals surface area contributed by atoms with E-state index in [0.29, 0.717) is 44.8 Å². The maximum absolute atomic E-state index is 13.9. The van der Waals surface area contributed by atoms with Crippen molar-refractivity contribution in [3.05, 3.63) is 78.5 Å². The van der Waals surface area contributed by atoms with Crippen LogP contribution >= 0.6 is 11.6 Å². The van der Waals surface area contributed by atoms with Gasteiger partial charge in [0.15, 0.2) is 11.3 Å². The van der Waals surface area contributed by atoms with Gasteiger partial charge in [-0.2, -0.15) is 0 Å². The molecule has 0 saturated heterocycles. The Morgan fingerprint density at radius 3 is 1.90 bits per heavy atom. The number of hydrogen-bond acceptors (Lipinski definition) is 6. The van der Waals surface area contributed by atoms with Gasteiger partial charge < -0.3 is 9.73 Å². The summed E-state index contributed by atoms with van der Waals surface area (Å²) in [6.07, 6.45) is 5.29. The van der Waals surface area contributed by atoms with Gasteiger partial charge in [-0.1, -0.05) is 113 Å². The second-order valence-corrected chi connectivity index (χ2v) is 15.5. The van der Waals surface area contributed by atoms with Gasteiger partial charge in [-0.25, -0.2) is 9.37 Å². The summed E-state index contributed by atoms with van der Waals surface area (Å²) in [5, 5.41) is 2.99. The van der Waals surface area contributed by atoms with Crippen molar-refractivity contribution in [1.29, 1.82) is 0 Å². The van der Waals surface area contributed by atoms with Gasteiger partial charge >= 0.3 is 0 Å². The van der Waals surface area contributed by atoms with Gasteiger partial charge in [0.25, 0.3) is 0 Å². The molecule has 2 aromatic carbocycles. The lowest BCUT2D eigenvalue weighted by molar-refractivity contribution is 0.0913. The fourth-order valence-electron chi connectivity index (χ4n) is 4.51. The third-order valence-electron chi connectivity index (χ3n) is 7.35. The number of nitrogens with one attached hydrogen (secondary N) is 1. The van der Waals surface area contributed by atoms with Crippen LogP contribution in [0.25, 0.3) is 22.4 Å². The number of benzene rings is 1. The molecule has 2 heterocycles. The summed E-state index contributed by atoms with van der Waals surface area (Å²) in [7, 11) is 0. The van der Waals surface area contributed by atoms with Crippen molar-refractivity contribution in [2.45, 2.75) is 134 Å². The topological polar surface area (TPSA) is 89.3 Å². The third kappa shape index (κ3) is 12.6. The van der Waals surface area contributed by atoms with Crippen LogP contribution in [0.3, 0.4) is 0 Å². The number of unbranched alkanes of at least 4 members (excludes halogenated alkanes) is 1. The summed E-state index contributed by atoms with van der Waals surface area (Å²) in [6.45, 7) is 28.8. The first-order valence-corrected chi connectivity index (χ1v) is 17.5. The van der Waals surface area contributed by atoms with E-state index in [9.17, 15) is 18.8 Å². The van der Waals surface area contributed by atoms with E-state index in [0.717, 1.165) is 5.56 Å². The Morgan fingerprint density at radius 2 is 1.50 bits per heavy atom. The van der Waals surface area contributed by atoms with E-state index in [4.69, 9.17) is 16.0 Å². The highest BCUT2D eigenvalue weighted by Crippen LogP contribution is 2.35. The minimum atomic E-state index is -0.494. The van der Waals surface area contributed by atoms with Crippen molar-refractivity contribution in [1.82, 2.24) is 4.98 Å². The predicted molar refractivity (Wildman–Crippen MR) is 202 cm³/mol. The largest absolute Gasteiger partial charge is 0.451 e. The molecule has 0 spiro atoms. The Balaban J connectivity index is 0.000000428. The highest BCUT2D eigenvalue weighted by Gasteiger charge is 2.25. The van der Waals surface area contributed by atoms with Crippen molar-refractivity contribution in [3.8, 4) is 11.3 Å². The van der Waals surface area contributed by atoms with Gasteiger partial charge in [0, 0.05) is 34.7 Å². The van der Waals surface area contributed by atoms with E-state index in [1.165, 1.54) is 37.8 Å². The predicted octanol–water partition coefficient (Wildman–Crippen LogP) is 11.5. The molecular weight excluding hydrogens is 627 g/mol. The molecule has 6 nitrogen and oxygen atoms in total. The van der Waals surface area contributed by atoms with Crippen LogP contribution in [-0.2, 0) is 5.41 Å². The molecule has 2 aromatic heterocycles. The molecule has 8 heteroatoms. The quantitative estimate of drug-likeness (QED) is 0.154. The standard InChI is InChI=1S/C21H21ClFNO2.C8H11NO2.C7H16.C4H10/c1-11(2)19(25)18-10-17-20(26-18)13(21(3,4)5)9-16(24-17)12-6-7-14(22)15(23)8-12;1-4(2)9-6-5(3)7(10)8(6)11;1-5-6-7(2,3)4;1-3-4-2/h6-11H,1-5H3;4,9H,1-3H3;5-6H2,1-4H3;3-4H2,1-2H3. The number of fused-ring (bicyclic) bond motifs is 1. The molecule has 0 atom stereocenters. The number of carbonyl (C=O) groups excluding carboxylic acids is 1. The SMILES string of the molecule is CC(C)C(=O)c1cc2nc(-c3ccc(Cl)c(F)c3)cc(C(C)(C)C)c2o1.CCCC.CCCC(C)(C)C.Cc1c(NC(C)C)c(=O)c1=O. The van der Waals surface area contributed by atoms with E-state index in [1.54, 1.807) is 19.1 Å². The lowest BCUT2D eigenvalue weighted by Crippen LogP contribution is -2.38. The molecule has 0 amide bonds. The smallest absolute Gasteiger partial charge is 0.249 e. The molecule has 0 bridgehead atoms. The fourth-order valence-corrected chi connectivity index (χ4v) is 4.62. The number of halogens is 2. The number of anilines is 1. The Kier molecular flexibility index (Phi) is 16.4. The number of carbonyl (C=O) groups is 1. The van der Waals surface area contributed by atoms with Gasteiger partial charge in [-0.15, -0.1) is 0 Å². The molecule has 0 unspecified atom stereocenters. The Morgan fingerprint density at radius 1 is 0.917 bits per heavy atom. The summed E-state index contributed by atoms with van der Waals surface area (Å²) < 4.78 is 19.8. The van der Waals surface area contributed by atoms with Crippen LogP contribution in [0.5, 0.6) is 0 Å². The van der Waals surface area contributed by atoms with Crippen LogP contribution in [0.4, 0.5) is 10.1 Å². The zero-order chi connectivity index (χ0) is 37.1. The number of furan rings is 1. The molecular formula is C40H58ClFN2O4. The summed E-state index contributed by atoms with van der Waals surface area (Å²) in [6, 6.07) is 8.37. The molecule has 4 rings (SSSR count). The van der Waals surface area contributed by atoms with E-state index in [2.05, 4.69) is 72.6 Å². The fraction of sp³-hybridized carbons (Fsp3) is 0.550. The molecule has 0 aliphatic rings. The van der Waals surface area contributed by atoms with Crippen LogP contribution in [0, 0.1) is 24.1 Å². The second kappa shape index (κ2) is 18.4. The monoisotopic (exact) mass is 684 g/mol. The Bertz CT molecular complexity index is 1700. The number of nitrogens with zero attached hydrogens (tertiary/aromatic N) is 1. The van der Waals surface area contributed by atoms with Crippen LogP contribution in [-0.4, -0.2) is 16.8 Å². The van der Waals surface area contributed by atoms with E-state index >= 15 is 0 Å². The minimum Gasteiger partial charge on any atom is -0.451 e. The normalized spacial score (nSPS) is 11.5. The first-order valence-electron chi connectivity index (χ1n) is 17.1. The van der Waals surface area contributed by atoms with Crippen molar-refractivity contribution >= 4 is 34.2 Å². The Labute approximate surface area is 292 Å². The average Bonchev–Trinajstić information content (AvgIpc) is 3.43. The van der Waals surface area contributed by atoms with E-state index in [1.807, 2.05) is 33.8 Å². The van der Waals surface area contributed by atoms with Gasteiger partial charge in [-0.05, 0) is 56.2 Å². The molecule has 48 heavy (non-hydrogen) atoms. The zero-order valence-corrected chi connectivity index (χ0v) is 32.5. The maximum atomic E-state index is 13.9. The molecule has 0 aliphatic heterocycles. The number of Topliss-reactive ketones (excluding diaryl/α,β-unsaturated/α-hetero) is 1. The van der Waals surface area contributed by atoms with E-state index < -0.39 is 5.82 Å². The highest BCUT2D eigenvalue weighted by atomic mass is 35.5. The van der Waals surface area contributed by atoms with Crippen LogP contribution in [0.1, 0.15) is 137 Å². The number of rotatable bonds is 7. The number of hydrogen-bond donors (Lipinski definition) is 1. The number of pyridine rings is 1.